The monoisotopic (exact) mass is 266 g/mol. The van der Waals surface area contributed by atoms with Gasteiger partial charge in [0.2, 0.25) is 0 Å². The van der Waals surface area contributed by atoms with Crippen molar-refractivity contribution >= 4 is 17.3 Å². The second-order valence-electron chi connectivity index (χ2n) is 5.40. The van der Waals surface area contributed by atoms with E-state index >= 15 is 0 Å². The molecule has 100 valence electrons. The van der Waals surface area contributed by atoms with Gasteiger partial charge in [0.05, 0.1) is 0 Å². The second kappa shape index (κ2) is 5.94. The predicted octanol–water partition coefficient (Wildman–Crippen LogP) is 3.26. The standard InChI is InChI=1S/C15H23ClN2/c1-12-10-13(11-16)4-5-15(12)18(3)14-6-8-17(2)9-7-14/h4-5,10,14H,6-9,11H2,1-3H3. The molecular weight excluding hydrogens is 244 g/mol. The van der Waals surface area contributed by atoms with Gasteiger partial charge in [0.15, 0.2) is 0 Å². The molecule has 0 unspecified atom stereocenters. The highest BCUT2D eigenvalue weighted by atomic mass is 35.5. The Kier molecular flexibility index (Phi) is 4.52. The highest BCUT2D eigenvalue weighted by molar-refractivity contribution is 6.17. The molecule has 2 rings (SSSR count). The number of aryl methyl sites for hydroxylation is 1. The summed E-state index contributed by atoms with van der Waals surface area (Å²) in [4.78, 5) is 4.86. The van der Waals surface area contributed by atoms with E-state index in [9.17, 15) is 0 Å². The van der Waals surface area contributed by atoms with Crippen LogP contribution in [0.15, 0.2) is 18.2 Å². The molecule has 1 aromatic rings. The first kappa shape index (κ1) is 13.7. The molecule has 0 radical (unpaired) electrons. The first-order valence-corrected chi connectivity index (χ1v) is 7.22. The summed E-state index contributed by atoms with van der Waals surface area (Å²) in [5, 5.41) is 0. The molecule has 0 atom stereocenters. The van der Waals surface area contributed by atoms with E-state index in [2.05, 4.69) is 49.0 Å². The number of rotatable bonds is 3. The molecule has 0 saturated carbocycles. The van der Waals surface area contributed by atoms with Crippen LogP contribution < -0.4 is 4.90 Å². The van der Waals surface area contributed by atoms with Crippen molar-refractivity contribution in [2.24, 2.45) is 0 Å². The fraction of sp³-hybridized carbons (Fsp3) is 0.600. The molecule has 1 aliphatic rings. The van der Waals surface area contributed by atoms with Crippen molar-refractivity contribution in [1.29, 1.82) is 0 Å². The van der Waals surface area contributed by atoms with Crippen LogP contribution in [0.3, 0.4) is 0 Å². The van der Waals surface area contributed by atoms with Crippen molar-refractivity contribution in [1.82, 2.24) is 4.90 Å². The number of anilines is 1. The molecule has 1 aromatic carbocycles. The van der Waals surface area contributed by atoms with Crippen LogP contribution in [0.2, 0.25) is 0 Å². The molecule has 0 aliphatic carbocycles. The van der Waals surface area contributed by atoms with E-state index in [4.69, 9.17) is 11.6 Å². The van der Waals surface area contributed by atoms with Gasteiger partial charge >= 0.3 is 0 Å². The van der Waals surface area contributed by atoms with Gasteiger partial charge in [-0.3, -0.25) is 0 Å². The van der Waals surface area contributed by atoms with Crippen LogP contribution in [0.1, 0.15) is 24.0 Å². The van der Waals surface area contributed by atoms with E-state index in [-0.39, 0.29) is 0 Å². The van der Waals surface area contributed by atoms with Gasteiger partial charge in [-0.05, 0) is 57.1 Å². The molecule has 0 amide bonds. The number of hydrogen-bond acceptors (Lipinski definition) is 2. The van der Waals surface area contributed by atoms with Crippen molar-refractivity contribution in [3.8, 4) is 0 Å². The van der Waals surface area contributed by atoms with Crippen LogP contribution in [-0.4, -0.2) is 38.1 Å². The predicted molar refractivity (Wildman–Crippen MR) is 79.7 cm³/mol. The molecule has 0 spiro atoms. The van der Waals surface area contributed by atoms with Gasteiger partial charge in [-0.2, -0.15) is 0 Å². The Morgan fingerprint density at radius 1 is 1.33 bits per heavy atom. The first-order valence-electron chi connectivity index (χ1n) is 6.68. The Balaban J connectivity index is 2.11. The Hall–Kier alpha value is -0.730. The van der Waals surface area contributed by atoms with E-state index in [0.29, 0.717) is 11.9 Å². The highest BCUT2D eigenvalue weighted by Crippen LogP contribution is 2.26. The van der Waals surface area contributed by atoms with Crippen LogP contribution in [0.4, 0.5) is 5.69 Å². The Labute approximate surface area is 116 Å². The quantitative estimate of drug-likeness (QED) is 0.775. The summed E-state index contributed by atoms with van der Waals surface area (Å²) in [5.74, 6) is 0.596. The van der Waals surface area contributed by atoms with Crippen LogP contribution in [0, 0.1) is 6.92 Å². The van der Waals surface area contributed by atoms with Gasteiger partial charge in [-0.25, -0.2) is 0 Å². The van der Waals surface area contributed by atoms with E-state index in [1.807, 2.05) is 0 Å². The number of likely N-dealkylation sites (tertiary alicyclic amines) is 1. The van der Waals surface area contributed by atoms with Gasteiger partial charge in [-0.1, -0.05) is 12.1 Å². The fourth-order valence-corrected chi connectivity index (χ4v) is 2.94. The molecule has 1 fully saturated rings. The Morgan fingerprint density at radius 3 is 2.56 bits per heavy atom. The van der Waals surface area contributed by atoms with E-state index in [1.54, 1.807) is 0 Å². The maximum atomic E-state index is 5.88. The largest absolute Gasteiger partial charge is 0.371 e. The summed E-state index contributed by atoms with van der Waals surface area (Å²) in [6.07, 6.45) is 2.51. The molecule has 2 nitrogen and oxygen atoms in total. The van der Waals surface area contributed by atoms with E-state index in [0.717, 1.165) is 0 Å². The van der Waals surface area contributed by atoms with Gasteiger partial charge in [0, 0.05) is 24.7 Å². The first-order chi connectivity index (χ1) is 8.61. The Bertz CT molecular complexity index is 397. The van der Waals surface area contributed by atoms with Gasteiger partial charge in [0.25, 0.3) is 0 Å². The van der Waals surface area contributed by atoms with Crippen LogP contribution >= 0.6 is 11.6 Å². The molecule has 1 heterocycles. The average Bonchev–Trinajstić information content (AvgIpc) is 2.38. The molecule has 3 heteroatoms. The molecule has 18 heavy (non-hydrogen) atoms. The lowest BCUT2D eigenvalue weighted by molar-refractivity contribution is 0.253. The van der Waals surface area contributed by atoms with Gasteiger partial charge in [0.1, 0.15) is 0 Å². The lowest BCUT2D eigenvalue weighted by atomic mass is 10.0. The summed E-state index contributed by atoms with van der Waals surface area (Å²) in [6.45, 7) is 4.58. The number of halogens is 1. The zero-order valence-electron chi connectivity index (χ0n) is 11.6. The normalized spacial score (nSPS) is 18.0. The maximum Gasteiger partial charge on any atom is 0.0474 e. The number of piperidine rings is 1. The van der Waals surface area contributed by atoms with Crippen molar-refractivity contribution in [2.75, 3.05) is 32.1 Å². The molecule has 1 saturated heterocycles. The number of alkyl halides is 1. The summed E-state index contributed by atoms with van der Waals surface area (Å²) in [6, 6.07) is 7.22. The van der Waals surface area contributed by atoms with E-state index in [1.165, 1.54) is 42.7 Å². The topological polar surface area (TPSA) is 6.48 Å². The van der Waals surface area contributed by atoms with Gasteiger partial charge < -0.3 is 9.80 Å². The number of benzene rings is 1. The SMILES string of the molecule is Cc1cc(CCl)ccc1N(C)C1CCN(C)CC1. The minimum Gasteiger partial charge on any atom is -0.371 e. The molecule has 1 aliphatic heterocycles. The average molecular weight is 267 g/mol. The van der Waals surface area contributed by atoms with Gasteiger partial charge in [-0.15, -0.1) is 11.6 Å². The lowest BCUT2D eigenvalue weighted by Gasteiger charge is -2.37. The third-order valence-electron chi connectivity index (χ3n) is 4.03. The lowest BCUT2D eigenvalue weighted by Crippen LogP contribution is -2.42. The van der Waals surface area contributed by atoms with Crippen LogP contribution in [-0.2, 0) is 5.88 Å². The zero-order valence-corrected chi connectivity index (χ0v) is 12.4. The van der Waals surface area contributed by atoms with Crippen molar-refractivity contribution in [3.63, 3.8) is 0 Å². The minimum absolute atomic E-state index is 0.596. The summed E-state index contributed by atoms with van der Waals surface area (Å²) >= 11 is 5.88. The Morgan fingerprint density at radius 2 is 2.00 bits per heavy atom. The molecule has 0 aromatic heterocycles. The van der Waals surface area contributed by atoms with E-state index < -0.39 is 0 Å². The van der Waals surface area contributed by atoms with Crippen LogP contribution in [0.5, 0.6) is 0 Å². The summed E-state index contributed by atoms with van der Waals surface area (Å²) in [5.41, 5.74) is 3.88. The summed E-state index contributed by atoms with van der Waals surface area (Å²) in [7, 11) is 4.43. The molecule has 0 bridgehead atoms. The van der Waals surface area contributed by atoms with Crippen molar-refractivity contribution < 1.29 is 0 Å². The van der Waals surface area contributed by atoms with Crippen molar-refractivity contribution in [2.45, 2.75) is 31.7 Å². The third-order valence-corrected chi connectivity index (χ3v) is 4.34. The highest BCUT2D eigenvalue weighted by Gasteiger charge is 2.21. The van der Waals surface area contributed by atoms with Crippen LogP contribution in [0.25, 0.3) is 0 Å². The number of hydrogen-bond donors (Lipinski definition) is 0. The minimum atomic E-state index is 0.596. The zero-order chi connectivity index (χ0) is 13.1. The fourth-order valence-electron chi connectivity index (χ4n) is 2.78. The van der Waals surface area contributed by atoms with Crippen molar-refractivity contribution in [3.05, 3.63) is 29.3 Å². The molecular formula is C15H23ClN2. The number of nitrogens with zero attached hydrogens (tertiary/aromatic N) is 2. The molecule has 0 N–H and O–H groups in total. The maximum absolute atomic E-state index is 5.88. The third kappa shape index (κ3) is 2.99. The summed E-state index contributed by atoms with van der Waals surface area (Å²) < 4.78 is 0. The second-order valence-corrected chi connectivity index (χ2v) is 5.67. The smallest absolute Gasteiger partial charge is 0.0474 e.